The molecule has 0 aliphatic heterocycles. The van der Waals surface area contributed by atoms with E-state index in [0.29, 0.717) is 11.5 Å². The Morgan fingerprint density at radius 1 is 1.03 bits per heavy atom. The van der Waals surface area contributed by atoms with Crippen LogP contribution in [0.4, 0.5) is 19.0 Å². The fourth-order valence-electron chi connectivity index (χ4n) is 3.25. The molecule has 0 bridgehead atoms. The topological polar surface area (TPSA) is 77.6 Å². The predicted molar refractivity (Wildman–Crippen MR) is 112 cm³/mol. The molecule has 0 spiro atoms. The third kappa shape index (κ3) is 4.25. The molecule has 1 N–H and O–H groups in total. The summed E-state index contributed by atoms with van der Waals surface area (Å²) in [4.78, 5) is 16.8. The van der Waals surface area contributed by atoms with Gasteiger partial charge in [0.2, 0.25) is 0 Å². The van der Waals surface area contributed by atoms with E-state index in [4.69, 9.17) is 0 Å². The number of carbonyl (C=O) groups excluding carboxylic acids is 1. The van der Waals surface area contributed by atoms with Crippen molar-refractivity contribution >= 4 is 11.7 Å². The smallest absolute Gasteiger partial charge is 0.305 e. The number of nitrogens with zero attached hydrogens (tertiary/aromatic N) is 5. The molecule has 32 heavy (non-hydrogen) atoms. The van der Waals surface area contributed by atoms with Gasteiger partial charge in [-0.15, -0.1) is 0 Å². The first-order chi connectivity index (χ1) is 15.2. The Bertz CT molecular complexity index is 1230. The van der Waals surface area contributed by atoms with Gasteiger partial charge in [-0.1, -0.05) is 32.0 Å². The van der Waals surface area contributed by atoms with Gasteiger partial charge in [-0.05, 0) is 30.2 Å². The van der Waals surface area contributed by atoms with Crippen LogP contribution in [0.25, 0.3) is 11.5 Å². The van der Waals surface area contributed by atoms with Gasteiger partial charge in [-0.2, -0.15) is 23.4 Å². The highest BCUT2D eigenvalue weighted by Crippen LogP contribution is 2.29. The number of carbonyl (C=O) groups is 1. The number of nitrogens with one attached hydrogen (secondary N) is 1. The van der Waals surface area contributed by atoms with Gasteiger partial charge < -0.3 is 5.32 Å². The van der Waals surface area contributed by atoms with Gasteiger partial charge in [0, 0.05) is 18.5 Å². The number of amides is 1. The second-order valence-corrected chi connectivity index (χ2v) is 7.35. The lowest BCUT2D eigenvalue weighted by Gasteiger charge is -2.13. The van der Waals surface area contributed by atoms with Crippen molar-refractivity contribution in [2.45, 2.75) is 25.9 Å². The van der Waals surface area contributed by atoms with Crippen LogP contribution in [0, 0.1) is 0 Å². The van der Waals surface area contributed by atoms with Crippen molar-refractivity contribution in [3.63, 3.8) is 0 Å². The van der Waals surface area contributed by atoms with Crippen LogP contribution in [-0.2, 0) is 6.18 Å². The first-order valence-corrected chi connectivity index (χ1v) is 9.78. The molecular weight excluding hydrogens is 421 g/mol. The van der Waals surface area contributed by atoms with Crippen LogP contribution in [0.15, 0.2) is 67.1 Å². The maximum atomic E-state index is 12.9. The second kappa shape index (κ2) is 8.29. The third-order valence-electron chi connectivity index (χ3n) is 4.74. The van der Waals surface area contributed by atoms with Gasteiger partial charge in [-0.3, -0.25) is 4.79 Å². The maximum Gasteiger partial charge on any atom is 0.417 e. The van der Waals surface area contributed by atoms with Crippen LogP contribution in [-0.4, -0.2) is 30.5 Å². The highest BCUT2D eigenvalue weighted by molar-refractivity contribution is 6.04. The van der Waals surface area contributed by atoms with Crippen molar-refractivity contribution in [1.82, 2.24) is 24.5 Å². The average Bonchev–Trinajstić information content (AvgIpc) is 3.41. The number of alkyl halides is 3. The molecule has 10 heteroatoms. The molecule has 4 aromatic rings. The molecule has 0 aliphatic carbocycles. The van der Waals surface area contributed by atoms with Crippen LogP contribution >= 0.6 is 0 Å². The number of anilines is 1. The monoisotopic (exact) mass is 440 g/mol. The van der Waals surface area contributed by atoms with Crippen LogP contribution in [0.3, 0.4) is 0 Å². The summed E-state index contributed by atoms with van der Waals surface area (Å²) in [7, 11) is 0. The van der Waals surface area contributed by atoms with E-state index in [9.17, 15) is 18.0 Å². The lowest BCUT2D eigenvalue weighted by Crippen LogP contribution is -2.16. The molecule has 0 atom stereocenters. The van der Waals surface area contributed by atoms with Crippen LogP contribution in [0.2, 0.25) is 0 Å². The van der Waals surface area contributed by atoms with E-state index in [2.05, 4.69) is 20.5 Å². The minimum atomic E-state index is -4.48. The molecule has 0 saturated heterocycles. The molecule has 164 valence electrons. The SMILES string of the molecule is CC(C)c1c(C(=O)Nc2ccn(-c3ccccc3)n2)cnn1-c1ccc(C(F)(F)F)cn1. The minimum absolute atomic E-state index is 0.149. The van der Waals surface area contributed by atoms with Gasteiger partial charge in [-0.25, -0.2) is 14.3 Å². The maximum absolute atomic E-state index is 12.9. The lowest BCUT2D eigenvalue weighted by atomic mass is 10.1. The van der Waals surface area contributed by atoms with E-state index in [0.717, 1.165) is 18.0 Å². The molecule has 0 aliphatic rings. The molecule has 0 radical (unpaired) electrons. The van der Waals surface area contributed by atoms with Crippen LogP contribution < -0.4 is 5.32 Å². The molecule has 1 amide bonds. The predicted octanol–water partition coefficient (Wildman–Crippen LogP) is 4.85. The molecule has 1 aromatic carbocycles. The first kappa shape index (κ1) is 21.3. The second-order valence-electron chi connectivity index (χ2n) is 7.35. The van der Waals surface area contributed by atoms with E-state index < -0.39 is 17.6 Å². The Kier molecular flexibility index (Phi) is 5.52. The molecule has 7 nitrogen and oxygen atoms in total. The normalized spacial score (nSPS) is 11.7. The van der Waals surface area contributed by atoms with E-state index in [-0.39, 0.29) is 17.3 Å². The summed E-state index contributed by atoms with van der Waals surface area (Å²) >= 11 is 0. The fourth-order valence-corrected chi connectivity index (χ4v) is 3.25. The Hall–Kier alpha value is -3.95. The average molecular weight is 440 g/mol. The Morgan fingerprint density at radius 2 is 1.78 bits per heavy atom. The van der Waals surface area contributed by atoms with Gasteiger partial charge in [0.05, 0.1) is 28.7 Å². The number of hydrogen-bond donors (Lipinski definition) is 1. The van der Waals surface area contributed by atoms with Gasteiger partial charge in [0.15, 0.2) is 11.6 Å². The highest BCUT2D eigenvalue weighted by Gasteiger charge is 2.31. The number of hydrogen-bond acceptors (Lipinski definition) is 4. The standard InChI is InChI=1S/C22H19F3N6O/c1-14(2)20-17(13-27-31(20)19-9-8-15(12-26-19)22(23,24)25)21(32)28-18-10-11-30(29-18)16-6-4-3-5-7-16/h3-14H,1-2H3,(H,28,29,32). The number of halogens is 3. The quantitative estimate of drug-likeness (QED) is 0.481. The zero-order chi connectivity index (χ0) is 22.9. The molecule has 4 rings (SSSR count). The van der Waals surface area contributed by atoms with Crippen molar-refractivity contribution in [2.75, 3.05) is 5.32 Å². The summed E-state index contributed by atoms with van der Waals surface area (Å²) in [6, 6.07) is 13.3. The van der Waals surface area contributed by atoms with Crippen molar-refractivity contribution in [3.05, 3.63) is 83.9 Å². The summed E-state index contributed by atoms with van der Waals surface area (Å²) < 4.78 is 41.5. The minimum Gasteiger partial charge on any atom is -0.305 e. The number of pyridine rings is 1. The first-order valence-electron chi connectivity index (χ1n) is 9.78. The summed E-state index contributed by atoms with van der Waals surface area (Å²) in [6.07, 6.45) is -0.635. The fraction of sp³-hybridized carbons (Fsp3) is 0.182. The molecule has 0 unspecified atom stereocenters. The van der Waals surface area contributed by atoms with Crippen molar-refractivity contribution in [1.29, 1.82) is 0 Å². The number of para-hydroxylation sites is 1. The zero-order valence-electron chi connectivity index (χ0n) is 17.2. The highest BCUT2D eigenvalue weighted by atomic mass is 19.4. The number of rotatable bonds is 5. The summed E-state index contributed by atoms with van der Waals surface area (Å²) in [6.45, 7) is 3.72. The van der Waals surface area contributed by atoms with Crippen molar-refractivity contribution < 1.29 is 18.0 Å². The van der Waals surface area contributed by atoms with Crippen LogP contribution in [0.1, 0.15) is 41.4 Å². The van der Waals surface area contributed by atoms with Gasteiger partial charge in [0.25, 0.3) is 5.91 Å². The largest absolute Gasteiger partial charge is 0.417 e. The van der Waals surface area contributed by atoms with E-state index >= 15 is 0 Å². The van der Waals surface area contributed by atoms with Gasteiger partial charge >= 0.3 is 6.18 Å². The van der Waals surface area contributed by atoms with E-state index in [1.165, 1.54) is 16.9 Å². The molecular formula is C22H19F3N6O. The van der Waals surface area contributed by atoms with E-state index in [1.54, 1.807) is 16.9 Å². The molecule has 0 fully saturated rings. The Morgan fingerprint density at radius 3 is 2.41 bits per heavy atom. The Balaban J connectivity index is 1.60. The number of benzene rings is 1. The van der Waals surface area contributed by atoms with E-state index in [1.807, 2.05) is 44.2 Å². The lowest BCUT2D eigenvalue weighted by molar-refractivity contribution is -0.137. The van der Waals surface area contributed by atoms with Crippen LogP contribution in [0.5, 0.6) is 0 Å². The Labute approximate surface area is 181 Å². The molecule has 0 saturated carbocycles. The molecule has 3 aromatic heterocycles. The third-order valence-corrected chi connectivity index (χ3v) is 4.74. The number of aromatic nitrogens is 5. The summed E-state index contributed by atoms with van der Waals surface area (Å²) in [5, 5.41) is 11.3. The van der Waals surface area contributed by atoms with Gasteiger partial charge in [0.1, 0.15) is 0 Å². The van der Waals surface area contributed by atoms with Crippen molar-refractivity contribution in [3.8, 4) is 11.5 Å². The summed E-state index contributed by atoms with van der Waals surface area (Å²) in [5.41, 5.74) is 0.803. The summed E-state index contributed by atoms with van der Waals surface area (Å²) in [5.74, 6) is -0.0301. The zero-order valence-corrected chi connectivity index (χ0v) is 17.2. The van der Waals surface area contributed by atoms with Crippen molar-refractivity contribution in [2.24, 2.45) is 0 Å². The molecule has 3 heterocycles.